The molecule has 25 heavy (non-hydrogen) atoms. The molecule has 3 aromatic rings. The third kappa shape index (κ3) is 4.03. The average molecular weight is 374 g/mol. The molecular weight excluding hydrogens is 357 g/mol. The Morgan fingerprint density at radius 3 is 2.52 bits per heavy atom. The number of halogens is 2. The van der Waals surface area contributed by atoms with Gasteiger partial charge in [0.05, 0.1) is 6.54 Å². The molecule has 0 bridgehead atoms. The molecule has 6 heteroatoms. The number of amides is 1. The molecule has 0 unspecified atom stereocenters. The summed E-state index contributed by atoms with van der Waals surface area (Å²) >= 11 is 12.4. The van der Waals surface area contributed by atoms with Crippen molar-refractivity contribution >= 4 is 34.9 Å². The molecule has 0 radical (unpaired) electrons. The molecule has 0 aliphatic rings. The lowest BCUT2D eigenvalue weighted by Crippen LogP contribution is -2.14. The number of carbonyl (C=O) groups excluding carboxylic acids is 1. The monoisotopic (exact) mass is 373 g/mol. The fourth-order valence-corrected chi connectivity index (χ4v) is 3.13. The van der Waals surface area contributed by atoms with E-state index in [9.17, 15) is 4.79 Å². The Morgan fingerprint density at radius 1 is 1.12 bits per heavy atom. The number of rotatable bonds is 4. The topological polar surface area (TPSA) is 46.9 Å². The van der Waals surface area contributed by atoms with Crippen LogP contribution in [0.2, 0.25) is 10.0 Å². The summed E-state index contributed by atoms with van der Waals surface area (Å²) in [6, 6.07) is 12.8. The molecule has 128 valence electrons. The molecule has 0 fully saturated rings. The van der Waals surface area contributed by atoms with Crippen LogP contribution in [0.4, 0.5) is 5.82 Å². The van der Waals surface area contributed by atoms with E-state index in [1.54, 1.807) is 35.1 Å². The zero-order valence-electron chi connectivity index (χ0n) is 13.9. The van der Waals surface area contributed by atoms with Gasteiger partial charge >= 0.3 is 0 Å². The maximum Gasteiger partial charge on any atom is 0.257 e. The Balaban J connectivity index is 1.74. The summed E-state index contributed by atoms with van der Waals surface area (Å²) in [5.41, 5.74) is 3.48. The van der Waals surface area contributed by atoms with E-state index in [1.807, 2.05) is 32.0 Å². The van der Waals surface area contributed by atoms with E-state index in [4.69, 9.17) is 23.2 Å². The number of aryl methyl sites for hydroxylation is 2. The van der Waals surface area contributed by atoms with Crippen LogP contribution >= 0.6 is 23.2 Å². The molecule has 0 aliphatic heterocycles. The van der Waals surface area contributed by atoms with E-state index in [1.165, 1.54) is 0 Å². The van der Waals surface area contributed by atoms with Gasteiger partial charge < -0.3 is 5.32 Å². The minimum atomic E-state index is -0.182. The van der Waals surface area contributed by atoms with Gasteiger partial charge in [-0.2, -0.15) is 5.10 Å². The van der Waals surface area contributed by atoms with Crippen LogP contribution in [0.15, 0.2) is 48.7 Å². The van der Waals surface area contributed by atoms with Gasteiger partial charge in [-0.1, -0.05) is 47.0 Å². The Hall–Kier alpha value is -2.30. The summed E-state index contributed by atoms with van der Waals surface area (Å²) in [5, 5.41) is 8.36. The molecule has 1 N–H and O–H groups in total. The number of aromatic nitrogens is 2. The van der Waals surface area contributed by atoms with Gasteiger partial charge in [0.2, 0.25) is 0 Å². The minimum absolute atomic E-state index is 0.182. The van der Waals surface area contributed by atoms with Gasteiger partial charge in [0.25, 0.3) is 5.91 Å². The molecule has 4 nitrogen and oxygen atoms in total. The molecule has 1 aromatic heterocycles. The molecule has 1 amide bonds. The van der Waals surface area contributed by atoms with Crippen LogP contribution in [-0.2, 0) is 6.54 Å². The van der Waals surface area contributed by atoms with Crippen LogP contribution < -0.4 is 5.32 Å². The van der Waals surface area contributed by atoms with Crippen molar-refractivity contribution in [1.29, 1.82) is 0 Å². The van der Waals surface area contributed by atoms with Gasteiger partial charge in [-0.3, -0.25) is 9.48 Å². The summed E-state index contributed by atoms with van der Waals surface area (Å²) in [6.45, 7) is 4.34. The van der Waals surface area contributed by atoms with Crippen LogP contribution in [0.5, 0.6) is 0 Å². The number of carbonyl (C=O) groups is 1. The van der Waals surface area contributed by atoms with Crippen molar-refractivity contribution in [2.24, 2.45) is 0 Å². The molecule has 2 aromatic carbocycles. The first kappa shape index (κ1) is 17.5. The van der Waals surface area contributed by atoms with Crippen LogP contribution in [0, 0.1) is 13.8 Å². The molecule has 1 heterocycles. The summed E-state index contributed by atoms with van der Waals surface area (Å²) in [7, 11) is 0. The van der Waals surface area contributed by atoms with Gasteiger partial charge in [0.1, 0.15) is 0 Å². The minimum Gasteiger partial charge on any atom is -0.305 e. The molecule has 0 saturated heterocycles. The van der Waals surface area contributed by atoms with Crippen LogP contribution in [0.3, 0.4) is 0 Å². The zero-order valence-corrected chi connectivity index (χ0v) is 15.4. The average Bonchev–Trinajstić information content (AvgIpc) is 2.98. The smallest absolute Gasteiger partial charge is 0.257 e. The van der Waals surface area contributed by atoms with E-state index >= 15 is 0 Å². The SMILES string of the molecule is Cc1ccc(C(=O)Nc2ccn(Cc3c(Cl)cccc3Cl)n2)c(C)c1. The lowest BCUT2D eigenvalue weighted by molar-refractivity contribution is 0.102. The molecule has 0 atom stereocenters. The number of nitrogens with zero attached hydrogens (tertiary/aromatic N) is 2. The predicted octanol–water partition coefficient (Wildman–Crippen LogP) is 5.11. The summed E-state index contributed by atoms with van der Waals surface area (Å²) < 4.78 is 1.69. The van der Waals surface area contributed by atoms with Crippen molar-refractivity contribution in [2.75, 3.05) is 5.32 Å². The highest BCUT2D eigenvalue weighted by Gasteiger charge is 2.12. The maximum atomic E-state index is 12.4. The quantitative estimate of drug-likeness (QED) is 0.690. The number of hydrogen-bond donors (Lipinski definition) is 1. The first-order valence-corrected chi connectivity index (χ1v) is 8.54. The van der Waals surface area contributed by atoms with E-state index in [-0.39, 0.29) is 5.91 Å². The highest BCUT2D eigenvalue weighted by atomic mass is 35.5. The standard InChI is InChI=1S/C19H17Cl2N3O/c1-12-6-7-14(13(2)10-12)19(25)22-18-8-9-24(23-18)11-15-16(20)4-3-5-17(15)21/h3-10H,11H2,1-2H3,(H,22,23,25). The van der Waals surface area contributed by atoms with Crippen molar-refractivity contribution in [3.8, 4) is 0 Å². The van der Waals surface area contributed by atoms with E-state index in [2.05, 4.69) is 10.4 Å². The first-order chi connectivity index (χ1) is 11.9. The van der Waals surface area contributed by atoms with Gasteiger partial charge in [0, 0.05) is 33.4 Å². The van der Waals surface area contributed by atoms with Gasteiger partial charge in [-0.25, -0.2) is 0 Å². The lowest BCUT2D eigenvalue weighted by Gasteiger charge is -2.08. The number of nitrogens with one attached hydrogen (secondary N) is 1. The Bertz CT molecular complexity index is 914. The lowest BCUT2D eigenvalue weighted by atomic mass is 10.1. The zero-order chi connectivity index (χ0) is 18.0. The third-order valence-electron chi connectivity index (χ3n) is 3.89. The van der Waals surface area contributed by atoms with Gasteiger partial charge in [0.15, 0.2) is 5.82 Å². The van der Waals surface area contributed by atoms with Crippen LogP contribution in [-0.4, -0.2) is 15.7 Å². The van der Waals surface area contributed by atoms with E-state index in [0.29, 0.717) is 28.0 Å². The van der Waals surface area contributed by atoms with Gasteiger partial charge in [-0.05, 0) is 37.6 Å². The Morgan fingerprint density at radius 2 is 1.84 bits per heavy atom. The van der Waals surface area contributed by atoms with Gasteiger partial charge in [-0.15, -0.1) is 0 Å². The second-order valence-corrected chi connectivity index (χ2v) is 6.69. The van der Waals surface area contributed by atoms with Crippen LogP contribution in [0.1, 0.15) is 27.0 Å². The number of anilines is 1. The number of benzene rings is 2. The van der Waals surface area contributed by atoms with Crippen molar-refractivity contribution < 1.29 is 4.79 Å². The molecular formula is C19H17Cl2N3O. The fourth-order valence-electron chi connectivity index (χ4n) is 2.61. The van der Waals surface area contributed by atoms with Crippen molar-refractivity contribution in [2.45, 2.75) is 20.4 Å². The third-order valence-corrected chi connectivity index (χ3v) is 4.60. The fraction of sp³-hybridized carbons (Fsp3) is 0.158. The summed E-state index contributed by atoms with van der Waals surface area (Å²) in [5.74, 6) is 0.298. The molecule has 0 aliphatic carbocycles. The van der Waals surface area contributed by atoms with Crippen molar-refractivity contribution in [3.63, 3.8) is 0 Å². The predicted molar refractivity (Wildman–Crippen MR) is 102 cm³/mol. The molecule has 0 saturated carbocycles. The Kier molecular flexibility index (Phi) is 5.11. The highest BCUT2D eigenvalue weighted by Crippen LogP contribution is 2.25. The van der Waals surface area contributed by atoms with Crippen molar-refractivity contribution in [3.05, 3.63) is 81.0 Å². The summed E-state index contributed by atoms with van der Waals surface area (Å²) in [6.07, 6.45) is 1.78. The second-order valence-electron chi connectivity index (χ2n) is 5.87. The Labute approximate surface area is 156 Å². The largest absolute Gasteiger partial charge is 0.305 e. The second kappa shape index (κ2) is 7.30. The normalized spacial score (nSPS) is 10.7. The first-order valence-electron chi connectivity index (χ1n) is 7.79. The van der Waals surface area contributed by atoms with Crippen molar-refractivity contribution in [1.82, 2.24) is 9.78 Å². The highest BCUT2D eigenvalue weighted by molar-refractivity contribution is 6.35. The van der Waals surface area contributed by atoms with E-state index < -0.39 is 0 Å². The summed E-state index contributed by atoms with van der Waals surface area (Å²) in [4.78, 5) is 12.4. The number of hydrogen-bond acceptors (Lipinski definition) is 2. The van der Waals surface area contributed by atoms with Crippen LogP contribution in [0.25, 0.3) is 0 Å². The van der Waals surface area contributed by atoms with E-state index in [0.717, 1.165) is 16.7 Å². The molecule has 0 spiro atoms. The molecule has 3 rings (SSSR count). The maximum absolute atomic E-state index is 12.4.